The van der Waals surface area contributed by atoms with Crippen molar-refractivity contribution in [3.63, 3.8) is 0 Å². The standard InChI is InChI=1S/C22H22N6O2/c1-3-19-18(13-24-28(19)16-7-5-4-6-8-16)22(29)23-14-20-25-21(27-26-20)15-9-11-17(30-2)12-10-15/h4-13H,3,14H2,1-2H3,(H,23,29)(H,25,26,27). The van der Waals surface area contributed by atoms with Gasteiger partial charge in [0, 0.05) is 5.56 Å². The lowest BCUT2D eigenvalue weighted by atomic mass is 10.2. The highest BCUT2D eigenvalue weighted by molar-refractivity contribution is 5.95. The van der Waals surface area contributed by atoms with E-state index in [1.807, 2.05) is 61.5 Å². The van der Waals surface area contributed by atoms with E-state index in [-0.39, 0.29) is 12.5 Å². The quantitative estimate of drug-likeness (QED) is 0.495. The first-order valence-corrected chi connectivity index (χ1v) is 9.65. The second-order valence-electron chi connectivity index (χ2n) is 6.62. The van der Waals surface area contributed by atoms with Gasteiger partial charge in [0.05, 0.1) is 36.8 Å². The third-order valence-electron chi connectivity index (χ3n) is 4.75. The highest BCUT2D eigenvalue weighted by Crippen LogP contribution is 2.19. The molecule has 0 bridgehead atoms. The van der Waals surface area contributed by atoms with Crippen LogP contribution in [-0.2, 0) is 13.0 Å². The molecule has 8 nitrogen and oxygen atoms in total. The Labute approximate surface area is 173 Å². The van der Waals surface area contributed by atoms with Gasteiger partial charge in [-0.2, -0.15) is 10.2 Å². The van der Waals surface area contributed by atoms with Crippen molar-refractivity contribution in [1.29, 1.82) is 0 Å². The van der Waals surface area contributed by atoms with E-state index in [9.17, 15) is 4.79 Å². The van der Waals surface area contributed by atoms with E-state index in [1.54, 1.807) is 18.0 Å². The van der Waals surface area contributed by atoms with E-state index in [4.69, 9.17) is 4.74 Å². The fourth-order valence-electron chi connectivity index (χ4n) is 3.20. The van der Waals surface area contributed by atoms with Crippen LogP contribution < -0.4 is 10.1 Å². The number of nitrogens with zero attached hydrogens (tertiary/aromatic N) is 4. The Bertz CT molecular complexity index is 1130. The Morgan fingerprint density at radius 3 is 2.60 bits per heavy atom. The first-order valence-electron chi connectivity index (χ1n) is 9.65. The number of nitrogens with one attached hydrogen (secondary N) is 2. The van der Waals surface area contributed by atoms with Crippen LogP contribution in [0.5, 0.6) is 5.75 Å². The maximum atomic E-state index is 12.7. The second kappa shape index (κ2) is 8.60. The highest BCUT2D eigenvalue weighted by Gasteiger charge is 2.17. The normalized spacial score (nSPS) is 10.7. The summed E-state index contributed by atoms with van der Waals surface area (Å²) >= 11 is 0. The van der Waals surface area contributed by atoms with Crippen LogP contribution in [0.3, 0.4) is 0 Å². The molecule has 2 aromatic carbocycles. The number of aromatic nitrogens is 5. The van der Waals surface area contributed by atoms with Crippen molar-refractivity contribution in [2.75, 3.05) is 7.11 Å². The average molecular weight is 402 g/mol. The second-order valence-corrected chi connectivity index (χ2v) is 6.62. The lowest BCUT2D eigenvalue weighted by Crippen LogP contribution is -2.24. The summed E-state index contributed by atoms with van der Waals surface area (Å²) in [4.78, 5) is 17.2. The van der Waals surface area contributed by atoms with Crippen LogP contribution >= 0.6 is 0 Å². The third kappa shape index (κ3) is 3.93. The van der Waals surface area contributed by atoms with Gasteiger partial charge in [0.2, 0.25) is 0 Å². The summed E-state index contributed by atoms with van der Waals surface area (Å²) in [6, 6.07) is 17.2. The predicted molar refractivity (Wildman–Crippen MR) is 112 cm³/mol. The molecule has 0 unspecified atom stereocenters. The van der Waals surface area contributed by atoms with E-state index in [2.05, 4.69) is 25.6 Å². The third-order valence-corrected chi connectivity index (χ3v) is 4.75. The molecule has 4 rings (SSSR count). The zero-order chi connectivity index (χ0) is 20.9. The minimum Gasteiger partial charge on any atom is -0.497 e. The fourth-order valence-corrected chi connectivity index (χ4v) is 3.20. The number of rotatable bonds is 7. The molecule has 2 aromatic heterocycles. The van der Waals surface area contributed by atoms with Gasteiger partial charge in [0.15, 0.2) is 5.82 Å². The molecule has 0 fully saturated rings. The smallest absolute Gasteiger partial charge is 0.255 e. The Morgan fingerprint density at radius 1 is 1.13 bits per heavy atom. The number of carbonyl (C=O) groups excluding carboxylic acids is 1. The molecule has 0 atom stereocenters. The maximum absolute atomic E-state index is 12.7. The number of para-hydroxylation sites is 1. The van der Waals surface area contributed by atoms with Gasteiger partial charge < -0.3 is 10.1 Å². The van der Waals surface area contributed by atoms with E-state index in [0.717, 1.165) is 22.7 Å². The van der Waals surface area contributed by atoms with Gasteiger partial charge in [-0.1, -0.05) is 25.1 Å². The molecule has 0 saturated heterocycles. The van der Waals surface area contributed by atoms with Crippen LogP contribution in [0, 0.1) is 0 Å². The van der Waals surface area contributed by atoms with E-state index < -0.39 is 0 Å². The highest BCUT2D eigenvalue weighted by atomic mass is 16.5. The molecule has 0 aliphatic carbocycles. The number of H-pyrrole nitrogens is 1. The van der Waals surface area contributed by atoms with E-state index >= 15 is 0 Å². The van der Waals surface area contributed by atoms with Crippen molar-refractivity contribution in [3.05, 3.63) is 77.9 Å². The molecule has 0 saturated carbocycles. The molecule has 0 radical (unpaired) electrons. The van der Waals surface area contributed by atoms with Crippen molar-refractivity contribution in [1.82, 2.24) is 30.3 Å². The van der Waals surface area contributed by atoms with Gasteiger partial charge in [-0.3, -0.25) is 9.89 Å². The molecule has 1 amide bonds. The summed E-state index contributed by atoms with van der Waals surface area (Å²) in [5.41, 5.74) is 3.20. The molecule has 8 heteroatoms. The monoisotopic (exact) mass is 402 g/mol. The average Bonchev–Trinajstić information content (AvgIpc) is 3.45. The zero-order valence-electron chi connectivity index (χ0n) is 16.8. The molecule has 30 heavy (non-hydrogen) atoms. The number of aromatic amines is 1. The summed E-state index contributed by atoms with van der Waals surface area (Å²) in [6.45, 7) is 2.24. The van der Waals surface area contributed by atoms with Crippen molar-refractivity contribution < 1.29 is 9.53 Å². The number of carbonyl (C=O) groups is 1. The van der Waals surface area contributed by atoms with Crippen LogP contribution in [-0.4, -0.2) is 38.0 Å². The molecule has 2 heterocycles. The topological polar surface area (TPSA) is 97.7 Å². The Hall–Kier alpha value is -3.94. The van der Waals surface area contributed by atoms with Gasteiger partial charge >= 0.3 is 0 Å². The van der Waals surface area contributed by atoms with Crippen LogP contribution in [0.15, 0.2) is 60.8 Å². The van der Waals surface area contributed by atoms with Crippen LogP contribution in [0.4, 0.5) is 0 Å². The largest absolute Gasteiger partial charge is 0.497 e. The molecule has 0 spiro atoms. The molecular weight excluding hydrogens is 380 g/mol. The molecular formula is C22H22N6O2. The van der Waals surface area contributed by atoms with Crippen LogP contribution in [0.25, 0.3) is 17.1 Å². The van der Waals surface area contributed by atoms with Gasteiger partial charge in [-0.15, -0.1) is 0 Å². The fraction of sp³-hybridized carbons (Fsp3) is 0.182. The first kappa shape index (κ1) is 19.4. The minimum absolute atomic E-state index is 0.198. The molecule has 152 valence electrons. The first-order chi connectivity index (χ1) is 14.7. The van der Waals surface area contributed by atoms with E-state index in [1.165, 1.54) is 0 Å². The Balaban J connectivity index is 1.45. The summed E-state index contributed by atoms with van der Waals surface area (Å²) < 4.78 is 6.96. The molecule has 0 aliphatic heterocycles. The van der Waals surface area contributed by atoms with Gasteiger partial charge in [0.1, 0.15) is 11.6 Å². The van der Waals surface area contributed by atoms with E-state index in [0.29, 0.717) is 23.6 Å². The van der Waals surface area contributed by atoms with Crippen LogP contribution in [0.2, 0.25) is 0 Å². The molecule has 4 aromatic rings. The number of benzene rings is 2. The van der Waals surface area contributed by atoms with Crippen molar-refractivity contribution in [3.8, 4) is 22.8 Å². The summed E-state index contributed by atoms with van der Waals surface area (Å²) in [6.07, 6.45) is 2.28. The maximum Gasteiger partial charge on any atom is 0.255 e. The summed E-state index contributed by atoms with van der Waals surface area (Å²) in [7, 11) is 1.62. The van der Waals surface area contributed by atoms with Gasteiger partial charge in [0.25, 0.3) is 5.91 Å². The predicted octanol–water partition coefficient (Wildman–Crippen LogP) is 3.16. The van der Waals surface area contributed by atoms with Gasteiger partial charge in [-0.05, 0) is 42.8 Å². The zero-order valence-corrected chi connectivity index (χ0v) is 16.8. The lowest BCUT2D eigenvalue weighted by Gasteiger charge is -2.08. The molecule has 0 aliphatic rings. The number of hydrogen-bond acceptors (Lipinski definition) is 5. The SMILES string of the molecule is CCc1c(C(=O)NCc2nc(-c3ccc(OC)cc3)n[nH]2)cnn1-c1ccccc1. The Kier molecular flexibility index (Phi) is 5.56. The summed E-state index contributed by atoms with van der Waals surface area (Å²) in [5.74, 6) is 1.71. The number of amides is 1. The Morgan fingerprint density at radius 2 is 1.90 bits per heavy atom. The van der Waals surface area contributed by atoms with Gasteiger partial charge in [-0.25, -0.2) is 9.67 Å². The van der Waals surface area contributed by atoms with Crippen molar-refractivity contribution in [2.24, 2.45) is 0 Å². The lowest BCUT2D eigenvalue weighted by molar-refractivity contribution is 0.0949. The minimum atomic E-state index is -0.198. The number of ether oxygens (including phenoxy) is 1. The van der Waals surface area contributed by atoms with Crippen molar-refractivity contribution >= 4 is 5.91 Å². The number of methoxy groups -OCH3 is 1. The summed E-state index contributed by atoms with van der Waals surface area (Å²) in [5, 5.41) is 14.4. The van der Waals surface area contributed by atoms with Crippen molar-refractivity contribution in [2.45, 2.75) is 19.9 Å². The van der Waals surface area contributed by atoms with Crippen LogP contribution in [0.1, 0.15) is 28.8 Å². The number of hydrogen-bond donors (Lipinski definition) is 2. The molecule has 2 N–H and O–H groups in total.